The molecule has 5 unspecified atom stereocenters. The van der Waals surface area contributed by atoms with E-state index in [1.165, 1.54) is 11.8 Å². The van der Waals surface area contributed by atoms with Crippen molar-refractivity contribution in [2.75, 3.05) is 5.75 Å². The number of aliphatic hydroxyl groups is 2. The molecule has 0 aromatic carbocycles. The second-order valence-electron chi connectivity index (χ2n) is 11.0. The van der Waals surface area contributed by atoms with Crippen molar-refractivity contribution in [1.29, 1.82) is 0 Å². The van der Waals surface area contributed by atoms with Crippen LogP contribution < -0.4 is 0 Å². The highest BCUT2D eigenvalue weighted by Crippen LogP contribution is 2.67. The molecule has 4 aliphatic rings. The molecule has 1 aromatic rings. The zero-order chi connectivity index (χ0) is 23.6. The lowest BCUT2D eigenvalue weighted by molar-refractivity contribution is -0.176. The molecule has 2 N–H and O–H groups in total. The van der Waals surface area contributed by atoms with Gasteiger partial charge in [-0.05, 0) is 67.7 Å². The van der Waals surface area contributed by atoms with E-state index in [1.54, 1.807) is 18.3 Å². The third kappa shape index (κ3) is 3.32. The molecule has 1 aromatic heterocycles. The van der Waals surface area contributed by atoms with Gasteiger partial charge >= 0.3 is 0 Å². The van der Waals surface area contributed by atoms with Crippen molar-refractivity contribution < 1.29 is 19.8 Å². The lowest BCUT2D eigenvalue weighted by Crippen LogP contribution is -2.62. The molecule has 5 nitrogen and oxygen atoms in total. The van der Waals surface area contributed by atoms with Crippen molar-refractivity contribution in [1.82, 2.24) is 4.98 Å². The van der Waals surface area contributed by atoms with Crippen LogP contribution in [0.5, 0.6) is 0 Å². The molecule has 4 aliphatic carbocycles. The summed E-state index contributed by atoms with van der Waals surface area (Å²) >= 11 is 1.36. The number of pyridine rings is 1. The van der Waals surface area contributed by atoms with Gasteiger partial charge in [0.05, 0.1) is 16.9 Å². The average Bonchev–Trinajstić information content (AvgIpc) is 3.05. The summed E-state index contributed by atoms with van der Waals surface area (Å²) in [6.07, 6.45) is 8.96. The fourth-order valence-corrected chi connectivity index (χ4v) is 8.73. The summed E-state index contributed by atoms with van der Waals surface area (Å²) in [5, 5.41) is 24.1. The maximum Gasteiger partial charge on any atom is 0.178 e. The van der Waals surface area contributed by atoms with Crippen LogP contribution in [0.4, 0.5) is 0 Å². The largest absolute Gasteiger partial charge is 0.393 e. The third-order valence-corrected chi connectivity index (χ3v) is 10.4. The molecule has 0 saturated heterocycles. The van der Waals surface area contributed by atoms with E-state index >= 15 is 0 Å². The van der Waals surface area contributed by atoms with Gasteiger partial charge in [-0.3, -0.25) is 9.59 Å². The van der Waals surface area contributed by atoms with Gasteiger partial charge in [-0.15, -0.1) is 0 Å². The molecule has 3 saturated carbocycles. The first kappa shape index (κ1) is 23.0. The fraction of sp³-hybridized carbons (Fsp3) is 0.593. The molecule has 1 heterocycles. The van der Waals surface area contributed by atoms with E-state index < -0.39 is 17.1 Å². The number of rotatable bonds is 4. The number of fused-ring (bicyclic) bond motifs is 5. The Morgan fingerprint density at radius 1 is 1.30 bits per heavy atom. The number of hydrogen-bond acceptors (Lipinski definition) is 6. The van der Waals surface area contributed by atoms with Crippen LogP contribution in [-0.4, -0.2) is 44.2 Å². The van der Waals surface area contributed by atoms with Crippen LogP contribution in [0.25, 0.3) is 0 Å². The van der Waals surface area contributed by atoms with Gasteiger partial charge in [0.15, 0.2) is 11.6 Å². The molecule has 33 heavy (non-hydrogen) atoms. The summed E-state index contributed by atoms with van der Waals surface area (Å²) in [4.78, 5) is 29.8. The molecule has 0 radical (unpaired) electrons. The SMILES string of the molecule is C[C@H]1CC2C([C@@H](O)CC3(C)C2CC[C@]3(O)C(=O)CSc2ccccn2)C2(C)C=CC(=O)C=C12. The summed E-state index contributed by atoms with van der Waals surface area (Å²) in [6, 6.07) is 5.60. The number of allylic oxidation sites excluding steroid dienone is 4. The van der Waals surface area contributed by atoms with Gasteiger partial charge in [0, 0.05) is 22.9 Å². The molecule has 0 bridgehead atoms. The predicted molar refractivity (Wildman–Crippen MR) is 127 cm³/mol. The minimum atomic E-state index is -1.44. The van der Waals surface area contributed by atoms with Crippen LogP contribution in [0.3, 0.4) is 0 Å². The normalized spacial score (nSPS) is 44.0. The van der Waals surface area contributed by atoms with Gasteiger partial charge < -0.3 is 10.2 Å². The Hall–Kier alpha value is -1.76. The van der Waals surface area contributed by atoms with E-state index in [1.807, 2.05) is 31.2 Å². The van der Waals surface area contributed by atoms with E-state index in [2.05, 4.69) is 18.8 Å². The van der Waals surface area contributed by atoms with E-state index in [-0.39, 0.29) is 46.4 Å². The number of ketones is 2. The van der Waals surface area contributed by atoms with Crippen LogP contribution in [-0.2, 0) is 9.59 Å². The van der Waals surface area contributed by atoms with Crippen molar-refractivity contribution in [2.45, 2.75) is 63.2 Å². The Kier molecular flexibility index (Phi) is 5.50. The van der Waals surface area contributed by atoms with Crippen LogP contribution in [0, 0.1) is 34.5 Å². The van der Waals surface area contributed by atoms with Crippen molar-refractivity contribution >= 4 is 23.3 Å². The number of carbonyl (C=O) groups excluding carboxylic acids is 2. The molecule has 0 aliphatic heterocycles. The van der Waals surface area contributed by atoms with Crippen LogP contribution in [0.2, 0.25) is 0 Å². The van der Waals surface area contributed by atoms with E-state index in [9.17, 15) is 19.8 Å². The van der Waals surface area contributed by atoms with Crippen molar-refractivity contribution in [3.63, 3.8) is 0 Å². The fourth-order valence-electron chi connectivity index (χ4n) is 7.90. The van der Waals surface area contributed by atoms with Gasteiger partial charge in [-0.2, -0.15) is 0 Å². The highest BCUT2D eigenvalue weighted by atomic mass is 32.2. The van der Waals surface area contributed by atoms with Crippen molar-refractivity contribution in [3.05, 3.63) is 48.2 Å². The monoisotopic (exact) mass is 467 g/mol. The van der Waals surface area contributed by atoms with E-state index in [4.69, 9.17) is 0 Å². The van der Waals surface area contributed by atoms with E-state index in [0.717, 1.165) is 23.4 Å². The summed E-state index contributed by atoms with van der Waals surface area (Å²) < 4.78 is 0. The molecule has 8 atom stereocenters. The molecular formula is C27H33NO4S. The maximum atomic E-state index is 13.4. The van der Waals surface area contributed by atoms with Gasteiger partial charge in [0.1, 0.15) is 5.60 Å². The van der Waals surface area contributed by atoms with Gasteiger partial charge in [0.25, 0.3) is 0 Å². The Morgan fingerprint density at radius 3 is 2.82 bits per heavy atom. The summed E-state index contributed by atoms with van der Waals surface area (Å²) in [5.41, 5.74) is -1.35. The Labute approximate surface area is 199 Å². The third-order valence-electron chi connectivity index (χ3n) is 9.42. The summed E-state index contributed by atoms with van der Waals surface area (Å²) in [7, 11) is 0. The van der Waals surface area contributed by atoms with Crippen LogP contribution in [0.15, 0.2) is 53.2 Å². The lowest BCUT2D eigenvalue weighted by Gasteiger charge is -2.60. The first-order chi connectivity index (χ1) is 15.6. The van der Waals surface area contributed by atoms with Gasteiger partial charge in [-0.1, -0.05) is 50.2 Å². The molecule has 0 amide bonds. The standard InChI is InChI=1S/C27H33NO4S/c1-16-12-18-19-8-10-27(32,22(31)15-33-23-6-4-5-11-28-23)26(19,3)14-21(30)24(18)25(2)9-7-17(29)13-20(16)25/h4-7,9,11,13,16,18-19,21,24,30,32H,8,10,12,14-15H2,1-3H3/t16-,18?,19?,21-,24?,25?,26?,27-/m0/s1. The Bertz CT molecular complexity index is 1040. The molecule has 3 fully saturated rings. The number of hydrogen-bond donors (Lipinski definition) is 2. The van der Waals surface area contributed by atoms with Gasteiger partial charge in [0.2, 0.25) is 0 Å². The van der Waals surface area contributed by atoms with Crippen LogP contribution >= 0.6 is 11.8 Å². The Balaban J connectivity index is 1.44. The molecular weight excluding hydrogens is 434 g/mol. The minimum Gasteiger partial charge on any atom is -0.393 e. The van der Waals surface area contributed by atoms with Crippen molar-refractivity contribution in [2.24, 2.45) is 34.5 Å². The lowest BCUT2D eigenvalue weighted by atomic mass is 9.45. The average molecular weight is 468 g/mol. The number of Topliss-reactive ketones (excluding diaryl/α,β-unsaturated/α-hetero) is 1. The number of aromatic nitrogens is 1. The minimum absolute atomic E-state index is 0.0114. The second-order valence-corrected chi connectivity index (χ2v) is 12.0. The highest BCUT2D eigenvalue weighted by molar-refractivity contribution is 7.99. The maximum absolute atomic E-state index is 13.4. The summed E-state index contributed by atoms with van der Waals surface area (Å²) in [5.74, 6) is 0.602. The predicted octanol–water partition coefficient (Wildman–Crippen LogP) is 4.00. The molecule has 0 spiro atoms. The van der Waals surface area contributed by atoms with Crippen molar-refractivity contribution in [3.8, 4) is 0 Å². The molecule has 6 heteroatoms. The number of aliphatic hydroxyl groups excluding tert-OH is 1. The summed E-state index contributed by atoms with van der Waals surface area (Å²) in [6.45, 7) is 6.34. The zero-order valence-corrected chi connectivity index (χ0v) is 20.3. The number of carbonyl (C=O) groups is 2. The highest BCUT2D eigenvalue weighted by Gasteiger charge is 2.68. The number of thioether (sulfide) groups is 1. The smallest absolute Gasteiger partial charge is 0.178 e. The van der Waals surface area contributed by atoms with E-state index in [0.29, 0.717) is 12.8 Å². The Morgan fingerprint density at radius 2 is 2.09 bits per heavy atom. The molecule has 5 rings (SSSR count). The quantitative estimate of drug-likeness (QED) is 0.651. The molecule has 176 valence electrons. The number of nitrogens with zero attached hydrogens (tertiary/aromatic N) is 1. The van der Waals surface area contributed by atoms with Gasteiger partial charge in [-0.25, -0.2) is 4.98 Å². The zero-order valence-electron chi connectivity index (χ0n) is 19.5. The second kappa shape index (κ2) is 7.89. The first-order valence-corrected chi connectivity index (χ1v) is 13.0. The topological polar surface area (TPSA) is 87.5 Å². The van der Waals surface area contributed by atoms with Crippen LogP contribution in [0.1, 0.15) is 46.5 Å². The first-order valence-electron chi connectivity index (χ1n) is 12.0.